The van der Waals surface area contributed by atoms with E-state index in [0.717, 1.165) is 5.69 Å². The number of nitrogens with one attached hydrogen (secondary N) is 1. The Morgan fingerprint density at radius 1 is 1.05 bits per heavy atom. The molecule has 1 N–H and O–H groups in total. The summed E-state index contributed by atoms with van der Waals surface area (Å²) in [6.45, 7) is 0.927. The van der Waals surface area contributed by atoms with Gasteiger partial charge in [0.1, 0.15) is 5.75 Å². The van der Waals surface area contributed by atoms with E-state index < -0.39 is 6.36 Å². The highest BCUT2D eigenvalue weighted by Gasteiger charge is 2.31. The SMILES string of the molecule is FC(F)(F)Oc1ccccc1CNCCc1ccccn1. The normalized spacial score (nSPS) is 11.4. The van der Waals surface area contributed by atoms with E-state index in [2.05, 4.69) is 15.0 Å². The maximum atomic E-state index is 12.3. The maximum absolute atomic E-state index is 12.3. The van der Waals surface area contributed by atoms with Crippen molar-refractivity contribution in [3.63, 3.8) is 0 Å². The number of rotatable bonds is 6. The number of benzene rings is 1. The minimum absolute atomic E-state index is 0.171. The molecule has 0 amide bonds. The molecule has 6 heteroatoms. The van der Waals surface area contributed by atoms with Gasteiger partial charge in [-0.05, 0) is 18.2 Å². The van der Waals surface area contributed by atoms with Crippen molar-refractivity contribution in [2.45, 2.75) is 19.3 Å². The van der Waals surface area contributed by atoms with Gasteiger partial charge in [-0.25, -0.2) is 0 Å². The molecular weight excluding hydrogens is 281 g/mol. The molecule has 0 fully saturated rings. The van der Waals surface area contributed by atoms with Gasteiger partial charge in [0.25, 0.3) is 0 Å². The third-order valence-electron chi connectivity index (χ3n) is 2.80. The van der Waals surface area contributed by atoms with Gasteiger partial charge < -0.3 is 10.1 Å². The van der Waals surface area contributed by atoms with Crippen LogP contribution < -0.4 is 10.1 Å². The van der Waals surface area contributed by atoms with Crippen molar-refractivity contribution in [3.05, 3.63) is 59.9 Å². The number of hydrogen-bond acceptors (Lipinski definition) is 3. The fourth-order valence-electron chi connectivity index (χ4n) is 1.86. The van der Waals surface area contributed by atoms with Gasteiger partial charge in [-0.3, -0.25) is 4.98 Å². The minimum Gasteiger partial charge on any atom is -0.405 e. The predicted molar refractivity (Wildman–Crippen MR) is 72.8 cm³/mol. The lowest BCUT2D eigenvalue weighted by Crippen LogP contribution is -2.21. The van der Waals surface area contributed by atoms with Gasteiger partial charge in [0, 0.05) is 37.0 Å². The van der Waals surface area contributed by atoms with E-state index in [0.29, 0.717) is 25.1 Å². The third kappa shape index (κ3) is 5.43. The summed E-state index contributed by atoms with van der Waals surface area (Å²) in [6.07, 6.45) is -2.25. The summed E-state index contributed by atoms with van der Waals surface area (Å²) in [7, 11) is 0. The molecule has 0 unspecified atom stereocenters. The van der Waals surface area contributed by atoms with E-state index in [1.165, 1.54) is 12.1 Å². The predicted octanol–water partition coefficient (Wildman–Crippen LogP) is 3.31. The van der Waals surface area contributed by atoms with E-state index in [4.69, 9.17) is 0 Å². The van der Waals surface area contributed by atoms with Crippen LogP contribution in [0.4, 0.5) is 13.2 Å². The van der Waals surface area contributed by atoms with Crippen LogP contribution in [0.25, 0.3) is 0 Å². The highest BCUT2D eigenvalue weighted by Crippen LogP contribution is 2.25. The van der Waals surface area contributed by atoms with Gasteiger partial charge >= 0.3 is 6.36 Å². The average Bonchev–Trinajstić information content (AvgIpc) is 2.45. The molecule has 3 nitrogen and oxygen atoms in total. The molecule has 0 radical (unpaired) electrons. The van der Waals surface area contributed by atoms with Crippen molar-refractivity contribution in [2.24, 2.45) is 0 Å². The van der Waals surface area contributed by atoms with E-state index in [1.807, 2.05) is 18.2 Å². The molecule has 0 saturated heterocycles. The molecular formula is C15H15F3N2O. The Hall–Kier alpha value is -2.08. The minimum atomic E-state index is -4.68. The first kappa shape index (κ1) is 15.3. The number of alkyl halides is 3. The zero-order valence-corrected chi connectivity index (χ0v) is 11.2. The van der Waals surface area contributed by atoms with Gasteiger partial charge in [0.2, 0.25) is 0 Å². The largest absolute Gasteiger partial charge is 0.573 e. The Morgan fingerprint density at radius 3 is 2.52 bits per heavy atom. The van der Waals surface area contributed by atoms with Crippen molar-refractivity contribution in [1.82, 2.24) is 10.3 Å². The van der Waals surface area contributed by atoms with E-state index in [-0.39, 0.29) is 5.75 Å². The Kier molecular flexibility index (Phi) is 5.16. The average molecular weight is 296 g/mol. The summed E-state index contributed by atoms with van der Waals surface area (Å²) >= 11 is 0. The van der Waals surface area contributed by atoms with Crippen LogP contribution >= 0.6 is 0 Å². The zero-order valence-electron chi connectivity index (χ0n) is 11.2. The second-order valence-corrected chi connectivity index (χ2v) is 4.40. The lowest BCUT2D eigenvalue weighted by molar-refractivity contribution is -0.274. The number of para-hydroxylation sites is 1. The maximum Gasteiger partial charge on any atom is 0.573 e. The molecule has 0 spiro atoms. The quantitative estimate of drug-likeness (QED) is 0.830. The second kappa shape index (κ2) is 7.08. The first-order chi connectivity index (χ1) is 10.0. The zero-order chi connectivity index (χ0) is 15.1. The van der Waals surface area contributed by atoms with Crippen LogP contribution in [0, 0.1) is 0 Å². The summed E-state index contributed by atoms with van der Waals surface area (Å²) in [5.41, 5.74) is 1.40. The van der Waals surface area contributed by atoms with Crippen molar-refractivity contribution in [2.75, 3.05) is 6.54 Å². The van der Waals surface area contributed by atoms with E-state index in [9.17, 15) is 13.2 Å². The first-order valence-electron chi connectivity index (χ1n) is 6.49. The molecule has 0 aliphatic heterocycles. The van der Waals surface area contributed by atoms with Gasteiger partial charge in [-0.2, -0.15) is 0 Å². The van der Waals surface area contributed by atoms with Crippen molar-refractivity contribution in [1.29, 1.82) is 0 Å². The number of nitrogens with zero attached hydrogens (tertiary/aromatic N) is 1. The molecule has 21 heavy (non-hydrogen) atoms. The van der Waals surface area contributed by atoms with Crippen molar-refractivity contribution < 1.29 is 17.9 Å². The fraction of sp³-hybridized carbons (Fsp3) is 0.267. The number of hydrogen-bond donors (Lipinski definition) is 1. The van der Waals surface area contributed by atoms with Crippen LogP contribution in [0.2, 0.25) is 0 Å². The number of aromatic nitrogens is 1. The lowest BCUT2D eigenvalue weighted by atomic mass is 10.2. The molecule has 112 valence electrons. The van der Waals surface area contributed by atoms with Crippen LogP contribution in [-0.4, -0.2) is 17.9 Å². The summed E-state index contributed by atoms with van der Waals surface area (Å²) in [5.74, 6) is -0.171. The van der Waals surface area contributed by atoms with Gasteiger partial charge in [-0.1, -0.05) is 24.3 Å². The van der Waals surface area contributed by atoms with Crippen LogP contribution in [0.1, 0.15) is 11.3 Å². The highest BCUT2D eigenvalue weighted by atomic mass is 19.4. The topological polar surface area (TPSA) is 34.1 Å². The van der Waals surface area contributed by atoms with Crippen LogP contribution in [0.3, 0.4) is 0 Å². The van der Waals surface area contributed by atoms with Gasteiger partial charge in [0.05, 0.1) is 0 Å². The Morgan fingerprint density at radius 2 is 1.81 bits per heavy atom. The van der Waals surface area contributed by atoms with Crippen LogP contribution in [0.5, 0.6) is 5.75 Å². The molecule has 0 aliphatic carbocycles. The first-order valence-corrected chi connectivity index (χ1v) is 6.49. The van der Waals surface area contributed by atoms with Gasteiger partial charge in [-0.15, -0.1) is 13.2 Å². The number of pyridine rings is 1. The summed E-state index contributed by atoms with van der Waals surface area (Å²) in [4.78, 5) is 4.18. The summed E-state index contributed by atoms with van der Waals surface area (Å²) in [6, 6.07) is 11.7. The molecule has 0 aliphatic rings. The summed E-state index contributed by atoms with van der Waals surface area (Å²) in [5, 5.41) is 3.09. The molecule has 1 heterocycles. The van der Waals surface area contributed by atoms with Crippen LogP contribution in [0.15, 0.2) is 48.7 Å². The van der Waals surface area contributed by atoms with E-state index in [1.54, 1.807) is 18.3 Å². The molecule has 0 atom stereocenters. The third-order valence-corrected chi connectivity index (χ3v) is 2.80. The molecule has 0 bridgehead atoms. The number of halogens is 3. The monoisotopic (exact) mass is 296 g/mol. The molecule has 2 aromatic rings. The molecule has 2 rings (SSSR count). The molecule has 0 saturated carbocycles. The van der Waals surface area contributed by atoms with Crippen molar-refractivity contribution >= 4 is 0 Å². The lowest BCUT2D eigenvalue weighted by Gasteiger charge is -2.13. The molecule has 1 aromatic carbocycles. The van der Waals surface area contributed by atoms with Crippen molar-refractivity contribution in [3.8, 4) is 5.75 Å². The Bertz CT molecular complexity index is 558. The number of ether oxygens (including phenoxy) is 1. The standard InChI is InChI=1S/C15H15F3N2O/c16-15(17,18)21-14-7-2-1-5-12(14)11-19-10-8-13-6-3-4-9-20-13/h1-7,9,19H,8,10-11H2. The van der Waals surface area contributed by atoms with E-state index >= 15 is 0 Å². The Labute approximate surface area is 120 Å². The highest BCUT2D eigenvalue weighted by molar-refractivity contribution is 5.33. The fourth-order valence-corrected chi connectivity index (χ4v) is 1.86. The Balaban J connectivity index is 1.86. The van der Waals surface area contributed by atoms with Crippen LogP contribution in [-0.2, 0) is 13.0 Å². The van der Waals surface area contributed by atoms with Gasteiger partial charge in [0.15, 0.2) is 0 Å². The molecule has 1 aromatic heterocycles. The second-order valence-electron chi connectivity index (χ2n) is 4.40. The summed E-state index contributed by atoms with van der Waals surface area (Å²) < 4.78 is 40.8. The smallest absolute Gasteiger partial charge is 0.405 e.